The molecule has 1 aliphatic heterocycles. The molecule has 3 N–H and O–H groups in total. The molecule has 0 amide bonds. The highest BCUT2D eigenvalue weighted by atomic mass is 15.0. The largest absolute Gasteiger partial charge is 0.398 e. The first-order valence-corrected chi connectivity index (χ1v) is 4.45. The average Bonchev–Trinajstić information content (AvgIpc) is 2.71. The summed E-state index contributed by atoms with van der Waals surface area (Å²) in [7, 11) is 0. The average molecular weight is 160 g/mol. The van der Waals surface area contributed by atoms with Crippen molar-refractivity contribution in [3.8, 4) is 0 Å². The van der Waals surface area contributed by atoms with Crippen LogP contribution in [0.1, 0.15) is 18.4 Å². The molecule has 2 aliphatic rings. The molecule has 1 aromatic carbocycles. The van der Waals surface area contributed by atoms with Crippen LogP contribution < -0.4 is 11.1 Å². The van der Waals surface area contributed by atoms with Gasteiger partial charge in [-0.3, -0.25) is 0 Å². The lowest BCUT2D eigenvalue weighted by molar-refractivity contribution is 0.780. The zero-order chi connectivity index (χ0) is 8.18. The molecule has 1 heterocycles. The van der Waals surface area contributed by atoms with Gasteiger partial charge in [0.1, 0.15) is 0 Å². The molecule has 0 radical (unpaired) electrons. The van der Waals surface area contributed by atoms with Crippen molar-refractivity contribution in [1.82, 2.24) is 0 Å². The monoisotopic (exact) mass is 160 g/mol. The number of nitrogens with two attached hydrogens (primary N) is 1. The molecule has 1 spiro atoms. The highest BCUT2D eigenvalue weighted by Crippen LogP contribution is 2.56. The summed E-state index contributed by atoms with van der Waals surface area (Å²) in [6.07, 6.45) is 2.61. The van der Waals surface area contributed by atoms with Crippen LogP contribution in [0.5, 0.6) is 0 Å². The van der Waals surface area contributed by atoms with Gasteiger partial charge in [-0.25, -0.2) is 0 Å². The van der Waals surface area contributed by atoms with E-state index in [4.69, 9.17) is 5.73 Å². The van der Waals surface area contributed by atoms with Gasteiger partial charge in [0.25, 0.3) is 0 Å². The van der Waals surface area contributed by atoms with E-state index in [1.807, 2.05) is 12.1 Å². The van der Waals surface area contributed by atoms with Crippen LogP contribution in [0.25, 0.3) is 0 Å². The molecule has 1 aliphatic carbocycles. The normalized spacial score (nSPS) is 22.0. The van der Waals surface area contributed by atoms with Crippen LogP contribution in [0, 0.1) is 0 Å². The van der Waals surface area contributed by atoms with Crippen LogP contribution in [0.4, 0.5) is 11.4 Å². The topological polar surface area (TPSA) is 38.0 Å². The number of benzene rings is 1. The van der Waals surface area contributed by atoms with Gasteiger partial charge >= 0.3 is 0 Å². The Labute approximate surface area is 71.8 Å². The smallest absolute Gasteiger partial charge is 0.0400 e. The van der Waals surface area contributed by atoms with Crippen LogP contribution in [0.3, 0.4) is 0 Å². The second kappa shape index (κ2) is 1.76. The van der Waals surface area contributed by atoms with Crippen molar-refractivity contribution in [2.75, 3.05) is 17.6 Å². The van der Waals surface area contributed by atoms with Crippen molar-refractivity contribution in [3.05, 3.63) is 23.8 Å². The third kappa shape index (κ3) is 0.607. The molecule has 2 nitrogen and oxygen atoms in total. The summed E-state index contributed by atoms with van der Waals surface area (Å²) in [4.78, 5) is 0. The maximum Gasteiger partial charge on any atom is 0.0400 e. The summed E-state index contributed by atoms with van der Waals surface area (Å²) < 4.78 is 0. The van der Waals surface area contributed by atoms with Gasteiger partial charge in [0.2, 0.25) is 0 Å². The lowest BCUT2D eigenvalue weighted by Gasteiger charge is -2.08. The minimum atomic E-state index is 0.431. The van der Waals surface area contributed by atoms with E-state index in [1.54, 1.807) is 0 Å². The fraction of sp³-hybridized carbons (Fsp3) is 0.400. The SMILES string of the molecule is Nc1cccc2c1C1(CC1)CN2. The molecule has 0 saturated heterocycles. The molecule has 1 aromatic rings. The molecular formula is C10H12N2. The predicted octanol–water partition coefficient (Wildman–Crippen LogP) is 1.73. The molecule has 1 saturated carbocycles. The highest BCUT2D eigenvalue weighted by Gasteiger charge is 2.49. The van der Waals surface area contributed by atoms with E-state index in [2.05, 4.69) is 11.4 Å². The molecule has 0 bridgehead atoms. The molecule has 2 heteroatoms. The van der Waals surface area contributed by atoms with E-state index in [-0.39, 0.29) is 0 Å². The number of hydrogen-bond acceptors (Lipinski definition) is 2. The summed E-state index contributed by atoms with van der Waals surface area (Å²) >= 11 is 0. The van der Waals surface area contributed by atoms with Crippen molar-refractivity contribution >= 4 is 11.4 Å². The van der Waals surface area contributed by atoms with E-state index in [1.165, 1.54) is 24.1 Å². The minimum Gasteiger partial charge on any atom is -0.398 e. The highest BCUT2D eigenvalue weighted by molar-refractivity contribution is 5.72. The van der Waals surface area contributed by atoms with Gasteiger partial charge < -0.3 is 11.1 Å². The fourth-order valence-corrected chi connectivity index (χ4v) is 2.24. The maximum atomic E-state index is 5.95. The molecule has 0 atom stereocenters. The van der Waals surface area contributed by atoms with Crippen molar-refractivity contribution < 1.29 is 0 Å². The van der Waals surface area contributed by atoms with Gasteiger partial charge in [-0.05, 0) is 25.0 Å². The molecule has 3 rings (SSSR count). The lowest BCUT2D eigenvalue weighted by atomic mass is 9.97. The Bertz CT molecular complexity index is 340. The van der Waals surface area contributed by atoms with Gasteiger partial charge in [-0.1, -0.05) is 6.07 Å². The summed E-state index contributed by atoms with van der Waals surface area (Å²) in [5.41, 5.74) is 9.98. The Morgan fingerprint density at radius 3 is 2.92 bits per heavy atom. The van der Waals surface area contributed by atoms with Crippen LogP contribution in [-0.4, -0.2) is 6.54 Å². The lowest BCUT2D eigenvalue weighted by Crippen LogP contribution is -2.09. The summed E-state index contributed by atoms with van der Waals surface area (Å²) in [5, 5.41) is 3.41. The van der Waals surface area contributed by atoms with Crippen molar-refractivity contribution in [2.45, 2.75) is 18.3 Å². The molecular weight excluding hydrogens is 148 g/mol. The van der Waals surface area contributed by atoms with E-state index < -0.39 is 0 Å². The van der Waals surface area contributed by atoms with E-state index in [0.717, 1.165) is 12.2 Å². The van der Waals surface area contributed by atoms with E-state index in [9.17, 15) is 0 Å². The number of hydrogen-bond donors (Lipinski definition) is 2. The number of fused-ring (bicyclic) bond motifs is 2. The van der Waals surface area contributed by atoms with Gasteiger partial charge in [0.15, 0.2) is 0 Å². The van der Waals surface area contributed by atoms with E-state index >= 15 is 0 Å². The number of rotatable bonds is 0. The van der Waals surface area contributed by atoms with Crippen LogP contribution in [0.2, 0.25) is 0 Å². The first kappa shape index (κ1) is 6.35. The third-order valence-electron chi connectivity index (χ3n) is 3.10. The second-order valence-corrected chi connectivity index (χ2v) is 3.90. The first-order chi connectivity index (χ1) is 5.82. The second-order valence-electron chi connectivity index (χ2n) is 3.90. The Hall–Kier alpha value is -1.18. The maximum absolute atomic E-state index is 5.95. The fourth-order valence-electron chi connectivity index (χ4n) is 2.24. The molecule has 0 unspecified atom stereocenters. The predicted molar refractivity (Wildman–Crippen MR) is 50.3 cm³/mol. The van der Waals surface area contributed by atoms with Crippen molar-refractivity contribution in [2.24, 2.45) is 0 Å². The molecule has 62 valence electrons. The Kier molecular flexibility index (Phi) is 0.932. The number of nitrogens with one attached hydrogen (secondary N) is 1. The summed E-state index contributed by atoms with van der Waals surface area (Å²) in [5.74, 6) is 0. The Morgan fingerprint density at radius 2 is 2.17 bits per heavy atom. The zero-order valence-corrected chi connectivity index (χ0v) is 6.93. The van der Waals surface area contributed by atoms with Crippen LogP contribution in [-0.2, 0) is 5.41 Å². The first-order valence-electron chi connectivity index (χ1n) is 4.45. The standard InChI is InChI=1S/C10H12N2/c11-7-2-1-3-8-9(7)10(4-5-10)6-12-8/h1-3,12H,4-6,11H2. The molecule has 1 fully saturated rings. The van der Waals surface area contributed by atoms with Gasteiger partial charge in [0.05, 0.1) is 0 Å². The summed E-state index contributed by atoms with van der Waals surface area (Å²) in [6, 6.07) is 6.15. The van der Waals surface area contributed by atoms with Gasteiger partial charge in [-0.15, -0.1) is 0 Å². The van der Waals surface area contributed by atoms with Crippen LogP contribution >= 0.6 is 0 Å². The van der Waals surface area contributed by atoms with Gasteiger partial charge in [0, 0.05) is 28.9 Å². The van der Waals surface area contributed by atoms with Crippen molar-refractivity contribution in [1.29, 1.82) is 0 Å². The molecule has 12 heavy (non-hydrogen) atoms. The minimum absolute atomic E-state index is 0.431. The Morgan fingerprint density at radius 1 is 1.33 bits per heavy atom. The Balaban J connectivity index is 2.26. The molecule has 0 aromatic heterocycles. The van der Waals surface area contributed by atoms with Gasteiger partial charge in [-0.2, -0.15) is 0 Å². The quantitative estimate of drug-likeness (QED) is 0.567. The number of nitrogen functional groups attached to an aromatic ring is 1. The zero-order valence-electron chi connectivity index (χ0n) is 6.93. The summed E-state index contributed by atoms with van der Waals surface area (Å²) in [6.45, 7) is 1.09. The third-order valence-corrected chi connectivity index (χ3v) is 3.10. The van der Waals surface area contributed by atoms with E-state index in [0.29, 0.717) is 5.41 Å². The van der Waals surface area contributed by atoms with Crippen LogP contribution in [0.15, 0.2) is 18.2 Å². The van der Waals surface area contributed by atoms with Crippen molar-refractivity contribution in [3.63, 3.8) is 0 Å². The number of anilines is 2.